The first-order valence-electron chi connectivity index (χ1n) is 7.51. The maximum absolute atomic E-state index is 11.1. The van der Waals surface area contributed by atoms with Crippen molar-refractivity contribution in [2.45, 2.75) is 6.54 Å². The molecular formula is C17H13N5O2S. The van der Waals surface area contributed by atoms with E-state index in [1.165, 1.54) is 17.4 Å². The molecule has 0 atom stereocenters. The fraction of sp³-hybridized carbons (Fsp3) is 0.0588. The summed E-state index contributed by atoms with van der Waals surface area (Å²) in [4.78, 5) is 15.1. The van der Waals surface area contributed by atoms with Crippen molar-refractivity contribution < 1.29 is 4.92 Å². The number of thiazole rings is 1. The molecule has 0 saturated carbocycles. The molecule has 0 amide bonds. The van der Waals surface area contributed by atoms with E-state index in [9.17, 15) is 10.1 Å². The van der Waals surface area contributed by atoms with E-state index < -0.39 is 4.92 Å². The number of hydrogen-bond donors (Lipinski definition) is 1. The van der Waals surface area contributed by atoms with Crippen LogP contribution in [0.15, 0.2) is 54.9 Å². The summed E-state index contributed by atoms with van der Waals surface area (Å²) < 4.78 is 2.77. The highest BCUT2D eigenvalue weighted by molar-refractivity contribution is 7.22. The second-order valence-electron chi connectivity index (χ2n) is 5.55. The minimum atomic E-state index is -0.399. The summed E-state index contributed by atoms with van der Waals surface area (Å²) in [6.45, 7) is 0.600. The van der Waals surface area contributed by atoms with Crippen molar-refractivity contribution in [3.8, 4) is 11.1 Å². The van der Waals surface area contributed by atoms with Crippen LogP contribution in [0.4, 0.5) is 10.8 Å². The fourth-order valence-electron chi connectivity index (χ4n) is 2.78. The molecule has 0 bridgehead atoms. The van der Waals surface area contributed by atoms with Crippen molar-refractivity contribution in [2.75, 3.05) is 5.73 Å². The molecule has 8 heteroatoms. The molecule has 0 fully saturated rings. The molecule has 2 N–H and O–H groups in total. The number of rotatable bonds is 4. The maximum atomic E-state index is 11.1. The van der Waals surface area contributed by atoms with Gasteiger partial charge in [-0.05, 0) is 29.3 Å². The van der Waals surface area contributed by atoms with Gasteiger partial charge in [-0.3, -0.25) is 14.8 Å². The minimum absolute atomic E-state index is 0.0475. The van der Waals surface area contributed by atoms with Crippen molar-refractivity contribution in [3.05, 3.63) is 70.5 Å². The van der Waals surface area contributed by atoms with Crippen LogP contribution in [0, 0.1) is 10.1 Å². The molecule has 2 heterocycles. The van der Waals surface area contributed by atoms with Gasteiger partial charge in [-0.25, -0.2) is 4.98 Å². The molecule has 0 saturated heterocycles. The number of benzene rings is 2. The van der Waals surface area contributed by atoms with Crippen LogP contribution in [0.5, 0.6) is 0 Å². The van der Waals surface area contributed by atoms with Gasteiger partial charge < -0.3 is 5.73 Å². The van der Waals surface area contributed by atoms with Crippen LogP contribution >= 0.6 is 11.3 Å². The Hall–Kier alpha value is -3.26. The molecule has 0 unspecified atom stereocenters. The summed E-state index contributed by atoms with van der Waals surface area (Å²) in [5.41, 5.74) is 9.29. The van der Waals surface area contributed by atoms with Gasteiger partial charge in [-0.2, -0.15) is 5.10 Å². The smallest absolute Gasteiger partial charge is 0.270 e. The summed E-state index contributed by atoms with van der Waals surface area (Å²) in [5, 5.41) is 15.8. The van der Waals surface area contributed by atoms with Crippen molar-refractivity contribution in [1.82, 2.24) is 14.8 Å². The number of aromatic nitrogens is 3. The molecule has 2 aromatic carbocycles. The van der Waals surface area contributed by atoms with Crippen molar-refractivity contribution in [2.24, 2.45) is 0 Å². The number of nitro groups is 1. The molecule has 25 heavy (non-hydrogen) atoms. The lowest BCUT2D eigenvalue weighted by molar-refractivity contribution is -0.384. The highest BCUT2D eigenvalue weighted by Crippen LogP contribution is 2.35. The zero-order chi connectivity index (χ0) is 17.4. The van der Waals surface area contributed by atoms with Gasteiger partial charge >= 0.3 is 0 Å². The number of hydrogen-bond acceptors (Lipinski definition) is 6. The monoisotopic (exact) mass is 351 g/mol. The van der Waals surface area contributed by atoms with Crippen LogP contribution < -0.4 is 5.73 Å². The molecule has 2 aromatic heterocycles. The standard InChI is InChI=1S/C17H13N5O2S/c18-17-20-16-14(12-3-1-4-13(9-12)22(23)24)7-11(8-15(16)25-17)10-21-6-2-5-19-21/h1-9H,10H2,(H2,18,20). The number of nitrogens with two attached hydrogens (primary N) is 1. The number of nitrogens with zero attached hydrogens (tertiary/aromatic N) is 4. The number of anilines is 1. The zero-order valence-electron chi connectivity index (χ0n) is 13.0. The minimum Gasteiger partial charge on any atom is -0.375 e. The Bertz CT molecular complexity index is 1070. The van der Waals surface area contributed by atoms with Gasteiger partial charge in [0.1, 0.15) is 0 Å². The zero-order valence-corrected chi connectivity index (χ0v) is 13.8. The molecule has 4 rings (SSSR count). The largest absolute Gasteiger partial charge is 0.375 e. The third-order valence-corrected chi connectivity index (χ3v) is 4.67. The van der Waals surface area contributed by atoms with Gasteiger partial charge in [0.2, 0.25) is 0 Å². The fourth-order valence-corrected chi connectivity index (χ4v) is 3.61. The molecule has 7 nitrogen and oxygen atoms in total. The van der Waals surface area contributed by atoms with Gasteiger partial charge in [-0.15, -0.1) is 0 Å². The molecule has 0 spiro atoms. The third kappa shape index (κ3) is 2.94. The highest BCUT2D eigenvalue weighted by atomic mass is 32.1. The lowest BCUT2D eigenvalue weighted by atomic mass is 10.0. The summed E-state index contributed by atoms with van der Waals surface area (Å²) in [7, 11) is 0. The topological polar surface area (TPSA) is 99.9 Å². The van der Waals surface area contributed by atoms with Crippen LogP contribution in [0.2, 0.25) is 0 Å². The van der Waals surface area contributed by atoms with E-state index in [-0.39, 0.29) is 5.69 Å². The number of fused-ring (bicyclic) bond motifs is 1. The molecule has 0 aliphatic rings. The first kappa shape index (κ1) is 15.3. The van der Waals surface area contributed by atoms with E-state index in [0.29, 0.717) is 11.7 Å². The number of nitro benzene ring substituents is 1. The predicted octanol–water partition coefficient (Wildman–Crippen LogP) is 3.70. The van der Waals surface area contributed by atoms with Crippen LogP contribution in [-0.2, 0) is 6.54 Å². The van der Waals surface area contributed by atoms with Crippen LogP contribution in [0.25, 0.3) is 21.3 Å². The van der Waals surface area contributed by atoms with E-state index in [1.54, 1.807) is 18.3 Å². The van der Waals surface area contributed by atoms with Gasteiger partial charge in [-0.1, -0.05) is 23.5 Å². The van der Waals surface area contributed by atoms with Gasteiger partial charge in [0, 0.05) is 30.1 Å². The van der Waals surface area contributed by atoms with E-state index in [4.69, 9.17) is 5.73 Å². The summed E-state index contributed by atoms with van der Waals surface area (Å²) in [6.07, 6.45) is 3.61. The Kier molecular flexibility index (Phi) is 3.66. The molecule has 0 radical (unpaired) electrons. The Balaban J connectivity index is 1.89. The Labute approximate surface area is 146 Å². The van der Waals surface area contributed by atoms with Crippen molar-refractivity contribution >= 4 is 32.4 Å². The number of non-ortho nitro benzene ring substituents is 1. The number of nitrogen functional groups attached to an aromatic ring is 1. The van der Waals surface area contributed by atoms with Gasteiger partial charge in [0.15, 0.2) is 5.13 Å². The molecular weight excluding hydrogens is 338 g/mol. The first-order chi connectivity index (χ1) is 12.1. The van der Waals surface area contributed by atoms with Crippen LogP contribution in [0.3, 0.4) is 0 Å². The first-order valence-corrected chi connectivity index (χ1v) is 8.33. The van der Waals surface area contributed by atoms with E-state index in [2.05, 4.69) is 10.1 Å². The van der Waals surface area contributed by atoms with Crippen molar-refractivity contribution in [3.63, 3.8) is 0 Å². The van der Waals surface area contributed by atoms with E-state index >= 15 is 0 Å². The Morgan fingerprint density at radius 1 is 1.24 bits per heavy atom. The van der Waals surface area contributed by atoms with Crippen LogP contribution in [0.1, 0.15) is 5.56 Å². The Morgan fingerprint density at radius 2 is 2.12 bits per heavy atom. The molecule has 4 aromatic rings. The molecule has 0 aliphatic heterocycles. The second-order valence-corrected chi connectivity index (χ2v) is 6.62. The van der Waals surface area contributed by atoms with Gasteiger partial charge in [0.25, 0.3) is 5.69 Å². The average Bonchev–Trinajstić information content (AvgIpc) is 3.22. The van der Waals surface area contributed by atoms with E-state index in [0.717, 1.165) is 26.9 Å². The summed E-state index contributed by atoms with van der Waals surface area (Å²) in [5.74, 6) is 0. The average molecular weight is 351 g/mol. The third-order valence-electron chi connectivity index (χ3n) is 3.84. The lowest BCUT2D eigenvalue weighted by Crippen LogP contribution is -2.00. The second kappa shape index (κ2) is 5.99. The Morgan fingerprint density at radius 3 is 2.88 bits per heavy atom. The molecule has 124 valence electrons. The SMILES string of the molecule is Nc1nc2c(-c3cccc([N+](=O)[O-])c3)cc(Cn3cccn3)cc2s1. The highest BCUT2D eigenvalue weighted by Gasteiger charge is 2.14. The van der Waals surface area contributed by atoms with Crippen molar-refractivity contribution in [1.29, 1.82) is 0 Å². The molecule has 0 aliphatic carbocycles. The van der Waals surface area contributed by atoms with E-state index in [1.807, 2.05) is 35.1 Å². The predicted molar refractivity (Wildman–Crippen MR) is 97.5 cm³/mol. The maximum Gasteiger partial charge on any atom is 0.270 e. The quantitative estimate of drug-likeness (QED) is 0.446. The summed E-state index contributed by atoms with van der Waals surface area (Å²) >= 11 is 1.40. The van der Waals surface area contributed by atoms with Crippen LogP contribution in [-0.4, -0.2) is 19.7 Å². The summed E-state index contributed by atoms with van der Waals surface area (Å²) in [6, 6.07) is 12.4. The van der Waals surface area contributed by atoms with Gasteiger partial charge in [0.05, 0.1) is 21.7 Å². The lowest BCUT2D eigenvalue weighted by Gasteiger charge is -2.08. The normalized spacial score (nSPS) is 11.0.